The van der Waals surface area contributed by atoms with Crippen LogP contribution in [-0.4, -0.2) is 21.5 Å². The summed E-state index contributed by atoms with van der Waals surface area (Å²) in [5, 5.41) is 0. The fraction of sp³-hybridized carbons (Fsp3) is 0.294. The highest BCUT2D eigenvalue weighted by molar-refractivity contribution is 7.92. The Kier molecular flexibility index (Phi) is 4.52. The Balaban J connectivity index is 1.75. The van der Waals surface area contributed by atoms with Gasteiger partial charge in [0.15, 0.2) is 0 Å². The van der Waals surface area contributed by atoms with Crippen molar-refractivity contribution in [2.75, 3.05) is 22.7 Å². The quantitative estimate of drug-likeness (QED) is 0.929. The molecule has 0 aliphatic carbocycles. The number of rotatable bonds is 4. The van der Waals surface area contributed by atoms with E-state index in [4.69, 9.17) is 0 Å². The Hall–Kier alpha value is -2.08. The first-order valence-corrected chi connectivity index (χ1v) is 9.16. The Morgan fingerprint density at radius 2 is 1.65 bits per heavy atom. The summed E-state index contributed by atoms with van der Waals surface area (Å²) in [5.74, 6) is -0.576. The number of nitrogens with one attached hydrogen (secondary N) is 1. The highest BCUT2D eigenvalue weighted by Gasteiger charge is 2.15. The molecule has 0 amide bonds. The van der Waals surface area contributed by atoms with E-state index in [0.717, 1.165) is 24.8 Å². The molecule has 6 heteroatoms. The minimum atomic E-state index is -3.78. The Morgan fingerprint density at radius 3 is 2.30 bits per heavy atom. The van der Waals surface area contributed by atoms with Gasteiger partial charge in [-0.25, -0.2) is 12.8 Å². The summed E-state index contributed by atoms with van der Waals surface area (Å²) in [7, 11) is -3.78. The molecule has 23 heavy (non-hydrogen) atoms. The van der Waals surface area contributed by atoms with Crippen molar-refractivity contribution in [1.82, 2.24) is 0 Å². The summed E-state index contributed by atoms with van der Waals surface area (Å²) in [6.07, 6.45) is 3.64. The maximum Gasteiger partial charge on any atom is 0.261 e. The number of sulfonamides is 1. The Morgan fingerprint density at radius 1 is 0.957 bits per heavy atom. The van der Waals surface area contributed by atoms with Gasteiger partial charge in [-0.15, -0.1) is 0 Å². The smallest absolute Gasteiger partial charge is 0.261 e. The Bertz CT molecular complexity index is 769. The number of anilines is 2. The molecule has 122 valence electrons. The lowest BCUT2D eigenvalue weighted by molar-refractivity contribution is 0.578. The lowest BCUT2D eigenvalue weighted by atomic mass is 10.1. The second-order valence-electron chi connectivity index (χ2n) is 5.66. The van der Waals surface area contributed by atoms with Crippen LogP contribution in [0.3, 0.4) is 0 Å². The van der Waals surface area contributed by atoms with Crippen LogP contribution in [0.2, 0.25) is 0 Å². The number of benzene rings is 2. The van der Waals surface area contributed by atoms with E-state index in [1.165, 1.54) is 37.5 Å². The number of halogens is 1. The molecule has 1 N–H and O–H groups in total. The summed E-state index contributed by atoms with van der Waals surface area (Å²) in [4.78, 5) is 2.21. The normalized spacial score (nSPS) is 15.4. The van der Waals surface area contributed by atoms with Crippen LogP contribution in [0.4, 0.5) is 15.8 Å². The van der Waals surface area contributed by atoms with Gasteiger partial charge in [0.05, 0.1) is 4.90 Å². The zero-order valence-electron chi connectivity index (χ0n) is 12.7. The van der Waals surface area contributed by atoms with E-state index >= 15 is 0 Å². The van der Waals surface area contributed by atoms with Gasteiger partial charge in [-0.2, -0.15) is 0 Å². The van der Waals surface area contributed by atoms with E-state index < -0.39 is 15.8 Å². The number of hydrogen-bond donors (Lipinski definition) is 1. The average molecular weight is 334 g/mol. The highest BCUT2D eigenvalue weighted by atomic mass is 32.2. The standard InChI is InChI=1S/C17H19FN2O2S/c18-14-5-4-6-17(13-14)23(21,22)19-15-7-9-16(10-8-15)20-11-2-1-3-12-20/h4-10,13,19H,1-3,11-12H2. The third-order valence-corrected chi connectivity index (χ3v) is 5.33. The lowest BCUT2D eigenvalue weighted by Gasteiger charge is -2.28. The average Bonchev–Trinajstić information content (AvgIpc) is 2.56. The Labute approximate surface area is 136 Å². The largest absolute Gasteiger partial charge is 0.372 e. The summed E-state index contributed by atoms with van der Waals surface area (Å²) in [6.45, 7) is 2.07. The summed E-state index contributed by atoms with van der Waals surface area (Å²) >= 11 is 0. The maximum atomic E-state index is 13.2. The van der Waals surface area contributed by atoms with Gasteiger partial charge >= 0.3 is 0 Å². The minimum Gasteiger partial charge on any atom is -0.372 e. The first-order valence-electron chi connectivity index (χ1n) is 7.68. The molecule has 0 atom stereocenters. The molecule has 1 heterocycles. The molecule has 0 bridgehead atoms. The van der Waals surface area contributed by atoms with Crippen LogP contribution in [0.25, 0.3) is 0 Å². The molecule has 1 saturated heterocycles. The van der Waals surface area contributed by atoms with Crippen LogP contribution in [0, 0.1) is 5.82 Å². The van der Waals surface area contributed by atoms with E-state index in [2.05, 4.69) is 9.62 Å². The molecule has 0 saturated carbocycles. The number of nitrogens with zero attached hydrogens (tertiary/aromatic N) is 1. The highest BCUT2D eigenvalue weighted by Crippen LogP contribution is 2.23. The fourth-order valence-corrected chi connectivity index (χ4v) is 3.83. The molecule has 4 nitrogen and oxygen atoms in total. The molecule has 1 fully saturated rings. The van der Waals surface area contributed by atoms with E-state index in [0.29, 0.717) is 5.69 Å². The van der Waals surface area contributed by atoms with Crippen molar-refractivity contribution in [1.29, 1.82) is 0 Å². The maximum absolute atomic E-state index is 13.2. The molecule has 0 radical (unpaired) electrons. The van der Waals surface area contributed by atoms with Crippen LogP contribution < -0.4 is 9.62 Å². The first kappa shape index (κ1) is 15.8. The van der Waals surface area contributed by atoms with Gasteiger partial charge in [0.1, 0.15) is 5.82 Å². The van der Waals surface area contributed by atoms with Gasteiger partial charge in [0.2, 0.25) is 0 Å². The zero-order chi connectivity index (χ0) is 16.3. The van der Waals surface area contributed by atoms with Crippen molar-refractivity contribution in [2.45, 2.75) is 24.2 Å². The van der Waals surface area contributed by atoms with Crippen molar-refractivity contribution in [3.05, 3.63) is 54.3 Å². The lowest BCUT2D eigenvalue weighted by Crippen LogP contribution is -2.29. The molecule has 2 aromatic carbocycles. The molecule has 2 aromatic rings. The minimum absolute atomic E-state index is 0.0855. The predicted octanol–water partition coefficient (Wildman–Crippen LogP) is 3.62. The van der Waals surface area contributed by atoms with Crippen molar-refractivity contribution >= 4 is 21.4 Å². The second kappa shape index (κ2) is 6.58. The van der Waals surface area contributed by atoms with Crippen LogP contribution in [-0.2, 0) is 10.0 Å². The van der Waals surface area contributed by atoms with Crippen molar-refractivity contribution in [3.8, 4) is 0 Å². The monoisotopic (exact) mass is 334 g/mol. The SMILES string of the molecule is O=S(=O)(Nc1ccc(N2CCCCC2)cc1)c1cccc(F)c1. The number of hydrogen-bond acceptors (Lipinski definition) is 3. The molecule has 0 spiro atoms. The fourth-order valence-electron chi connectivity index (χ4n) is 2.74. The van der Waals surface area contributed by atoms with Crippen LogP contribution in [0.5, 0.6) is 0 Å². The van der Waals surface area contributed by atoms with Crippen LogP contribution in [0.1, 0.15) is 19.3 Å². The van der Waals surface area contributed by atoms with Gasteiger partial charge < -0.3 is 4.90 Å². The molecule has 3 rings (SSSR count). The predicted molar refractivity (Wildman–Crippen MR) is 89.7 cm³/mol. The molecular formula is C17H19FN2O2S. The summed E-state index contributed by atoms with van der Waals surface area (Å²) in [6, 6.07) is 12.3. The topological polar surface area (TPSA) is 49.4 Å². The van der Waals surface area contributed by atoms with Crippen molar-refractivity contribution in [3.63, 3.8) is 0 Å². The van der Waals surface area contributed by atoms with Crippen LogP contribution in [0.15, 0.2) is 53.4 Å². The van der Waals surface area contributed by atoms with Gasteiger partial charge in [-0.1, -0.05) is 6.07 Å². The molecule has 1 aliphatic rings. The van der Waals surface area contributed by atoms with Gasteiger partial charge in [0, 0.05) is 24.5 Å². The van der Waals surface area contributed by atoms with Gasteiger partial charge in [-0.05, 0) is 61.7 Å². The third kappa shape index (κ3) is 3.82. The van der Waals surface area contributed by atoms with E-state index in [9.17, 15) is 12.8 Å². The van der Waals surface area contributed by atoms with E-state index in [-0.39, 0.29) is 4.90 Å². The molecular weight excluding hydrogens is 315 g/mol. The van der Waals surface area contributed by atoms with E-state index in [1.807, 2.05) is 12.1 Å². The number of piperidine rings is 1. The summed E-state index contributed by atoms with van der Waals surface area (Å²) < 4.78 is 40.2. The van der Waals surface area contributed by atoms with Gasteiger partial charge in [-0.3, -0.25) is 4.72 Å². The molecule has 0 aromatic heterocycles. The van der Waals surface area contributed by atoms with Crippen molar-refractivity contribution < 1.29 is 12.8 Å². The zero-order valence-corrected chi connectivity index (χ0v) is 13.5. The van der Waals surface area contributed by atoms with Crippen molar-refractivity contribution in [2.24, 2.45) is 0 Å². The van der Waals surface area contributed by atoms with Gasteiger partial charge in [0.25, 0.3) is 10.0 Å². The molecule has 1 aliphatic heterocycles. The first-order chi connectivity index (χ1) is 11.0. The van der Waals surface area contributed by atoms with Crippen LogP contribution >= 0.6 is 0 Å². The van der Waals surface area contributed by atoms with E-state index in [1.54, 1.807) is 12.1 Å². The third-order valence-electron chi connectivity index (χ3n) is 3.95. The second-order valence-corrected chi connectivity index (χ2v) is 7.34. The summed E-state index contributed by atoms with van der Waals surface area (Å²) in [5.41, 5.74) is 1.56. The molecule has 0 unspecified atom stereocenters.